The molecule has 5 nitrogen and oxygen atoms in total. The van der Waals surface area contributed by atoms with E-state index in [-0.39, 0.29) is 11.1 Å². The number of nitrogens with zero attached hydrogens (tertiary/aromatic N) is 1. The fourth-order valence-electron chi connectivity index (χ4n) is 2.23. The highest BCUT2D eigenvalue weighted by molar-refractivity contribution is 7.98. The number of hydrogen-bond donors (Lipinski definition) is 2. The molecule has 2 heterocycles. The summed E-state index contributed by atoms with van der Waals surface area (Å²) in [5.41, 5.74) is 2.23. The largest absolute Gasteiger partial charge is 0.326 e. The van der Waals surface area contributed by atoms with Crippen molar-refractivity contribution in [3.05, 3.63) is 88.1 Å². The van der Waals surface area contributed by atoms with Crippen LogP contribution in [0.1, 0.15) is 21.6 Å². The zero-order chi connectivity index (χ0) is 17.6. The maximum atomic E-state index is 12.2. The normalized spacial score (nSPS) is 10.4. The molecule has 0 fully saturated rings. The summed E-state index contributed by atoms with van der Waals surface area (Å²) in [7, 11) is 0. The second-order valence-electron chi connectivity index (χ2n) is 5.51. The van der Waals surface area contributed by atoms with Crippen LogP contribution in [0.2, 0.25) is 0 Å². The maximum Gasteiger partial charge on any atom is 0.261 e. The Kier molecular flexibility index (Phi) is 5.30. The second-order valence-corrected chi connectivity index (χ2v) is 6.56. The maximum absolute atomic E-state index is 12.2. The quantitative estimate of drug-likeness (QED) is 0.689. The Bertz CT molecular complexity index is 921. The molecule has 25 heavy (non-hydrogen) atoms. The van der Waals surface area contributed by atoms with Crippen LogP contribution in [0.15, 0.2) is 70.6 Å². The molecule has 0 bridgehead atoms. The van der Waals surface area contributed by atoms with Gasteiger partial charge >= 0.3 is 0 Å². The van der Waals surface area contributed by atoms with Crippen molar-refractivity contribution in [3.8, 4) is 0 Å². The molecule has 0 aliphatic heterocycles. The van der Waals surface area contributed by atoms with E-state index in [1.807, 2.05) is 42.6 Å². The molecule has 0 saturated carbocycles. The van der Waals surface area contributed by atoms with E-state index < -0.39 is 5.91 Å². The Labute approximate surface area is 149 Å². The van der Waals surface area contributed by atoms with Gasteiger partial charge in [-0.15, -0.1) is 11.8 Å². The van der Waals surface area contributed by atoms with Gasteiger partial charge in [0.2, 0.25) is 0 Å². The first-order valence-corrected chi connectivity index (χ1v) is 8.73. The average molecular weight is 351 g/mol. The van der Waals surface area contributed by atoms with Gasteiger partial charge in [0, 0.05) is 34.4 Å². The number of hydrogen-bond acceptors (Lipinski definition) is 4. The van der Waals surface area contributed by atoms with Crippen LogP contribution < -0.4 is 10.9 Å². The molecule has 1 aromatic carbocycles. The van der Waals surface area contributed by atoms with Crippen molar-refractivity contribution in [1.82, 2.24) is 9.97 Å². The number of anilines is 1. The molecule has 0 atom stereocenters. The summed E-state index contributed by atoms with van der Waals surface area (Å²) in [6.45, 7) is 1.77. The monoisotopic (exact) mass is 351 g/mol. The number of rotatable bonds is 5. The summed E-state index contributed by atoms with van der Waals surface area (Å²) in [6.07, 6.45) is 3.60. The van der Waals surface area contributed by atoms with E-state index in [1.54, 1.807) is 30.9 Å². The molecule has 126 valence electrons. The number of thioether (sulfide) groups is 1. The topological polar surface area (TPSA) is 74.8 Å². The highest BCUT2D eigenvalue weighted by atomic mass is 32.2. The summed E-state index contributed by atoms with van der Waals surface area (Å²) >= 11 is 1.69. The third-order valence-electron chi connectivity index (χ3n) is 3.54. The van der Waals surface area contributed by atoms with Gasteiger partial charge in [-0.1, -0.05) is 6.07 Å². The van der Waals surface area contributed by atoms with Gasteiger partial charge in [0.25, 0.3) is 11.5 Å². The molecule has 0 aliphatic carbocycles. The molecule has 3 aromatic rings. The summed E-state index contributed by atoms with van der Waals surface area (Å²) in [4.78, 5) is 31.8. The first kappa shape index (κ1) is 17.0. The van der Waals surface area contributed by atoms with E-state index in [2.05, 4.69) is 15.3 Å². The minimum atomic E-state index is -0.419. The average Bonchev–Trinajstić information content (AvgIpc) is 2.62. The van der Waals surface area contributed by atoms with Gasteiger partial charge in [-0.25, -0.2) is 0 Å². The number of H-pyrrole nitrogens is 1. The highest BCUT2D eigenvalue weighted by Gasteiger charge is 2.10. The number of nitrogens with one attached hydrogen (secondary N) is 2. The van der Waals surface area contributed by atoms with Crippen molar-refractivity contribution in [2.75, 3.05) is 5.32 Å². The van der Waals surface area contributed by atoms with E-state index in [9.17, 15) is 9.59 Å². The van der Waals surface area contributed by atoms with Crippen LogP contribution in [0.3, 0.4) is 0 Å². The van der Waals surface area contributed by atoms with Gasteiger partial charge in [0.1, 0.15) is 5.56 Å². The van der Waals surface area contributed by atoms with Crippen LogP contribution in [0.5, 0.6) is 0 Å². The van der Waals surface area contributed by atoms with Gasteiger partial charge < -0.3 is 10.3 Å². The lowest BCUT2D eigenvalue weighted by Gasteiger charge is -2.07. The van der Waals surface area contributed by atoms with E-state index in [0.717, 1.165) is 21.9 Å². The van der Waals surface area contributed by atoms with Crippen molar-refractivity contribution < 1.29 is 4.79 Å². The second kappa shape index (κ2) is 7.81. The lowest BCUT2D eigenvalue weighted by atomic mass is 10.2. The predicted molar refractivity (Wildman–Crippen MR) is 100.0 cm³/mol. The minimum Gasteiger partial charge on any atom is -0.326 e. The van der Waals surface area contributed by atoms with Crippen LogP contribution in [-0.2, 0) is 5.75 Å². The summed E-state index contributed by atoms with van der Waals surface area (Å²) in [5, 5.41) is 2.74. The number of pyridine rings is 2. The Hall–Kier alpha value is -2.86. The van der Waals surface area contributed by atoms with Gasteiger partial charge in [0.15, 0.2) is 0 Å². The number of amides is 1. The van der Waals surface area contributed by atoms with Crippen molar-refractivity contribution in [2.24, 2.45) is 0 Å². The third kappa shape index (κ3) is 4.58. The number of carbonyl (C=O) groups excluding carboxylic acids is 1. The van der Waals surface area contributed by atoms with Crippen LogP contribution in [0.4, 0.5) is 5.69 Å². The molecular formula is C19H17N3O2S. The predicted octanol–water partition coefficient (Wildman–Crippen LogP) is 3.62. The fraction of sp³-hybridized carbons (Fsp3) is 0.105. The first-order chi connectivity index (χ1) is 12.1. The molecular weight excluding hydrogens is 334 g/mol. The van der Waals surface area contributed by atoms with E-state index in [1.165, 1.54) is 6.07 Å². The van der Waals surface area contributed by atoms with Crippen LogP contribution in [-0.4, -0.2) is 15.9 Å². The van der Waals surface area contributed by atoms with Gasteiger partial charge in [-0.3, -0.25) is 14.6 Å². The zero-order valence-electron chi connectivity index (χ0n) is 13.7. The van der Waals surface area contributed by atoms with Crippen molar-refractivity contribution >= 4 is 23.4 Å². The molecule has 2 N–H and O–H groups in total. The van der Waals surface area contributed by atoms with Crippen molar-refractivity contribution in [2.45, 2.75) is 17.6 Å². The minimum absolute atomic E-state index is 0.0978. The fourth-order valence-corrected chi connectivity index (χ4v) is 3.07. The molecule has 1 amide bonds. The summed E-state index contributed by atoms with van der Waals surface area (Å²) in [5.74, 6) is 0.412. The highest BCUT2D eigenvalue weighted by Crippen LogP contribution is 2.24. The Balaban J connectivity index is 1.62. The van der Waals surface area contributed by atoms with E-state index in [4.69, 9.17) is 0 Å². The number of benzene rings is 1. The van der Waals surface area contributed by atoms with E-state index in [0.29, 0.717) is 5.69 Å². The van der Waals surface area contributed by atoms with Gasteiger partial charge in [-0.05, 0) is 55.0 Å². The van der Waals surface area contributed by atoms with E-state index >= 15 is 0 Å². The molecule has 0 radical (unpaired) electrons. The number of aromatic amines is 1. The molecule has 6 heteroatoms. The first-order valence-electron chi connectivity index (χ1n) is 7.75. The zero-order valence-corrected chi connectivity index (χ0v) is 14.5. The molecule has 0 spiro atoms. The smallest absolute Gasteiger partial charge is 0.261 e. The Morgan fingerprint density at radius 2 is 1.96 bits per heavy atom. The van der Waals surface area contributed by atoms with Crippen LogP contribution in [0.25, 0.3) is 0 Å². The number of aryl methyl sites for hydroxylation is 1. The number of aromatic nitrogens is 2. The molecule has 0 aliphatic rings. The van der Waals surface area contributed by atoms with Crippen LogP contribution in [0, 0.1) is 6.92 Å². The summed E-state index contributed by atoms with van der Waals surface area (Å²) in [6, 6.07) is 14.7. The van der Waals surface area contributed by atoms with Crippen LogP contribution >= 0.6 is 11.8 Å². The van der Waals surface area contributed by atoms with Gasteiger partial charge in [-0.2, -0.15) is 0 Å². The Morgan fingerprint density at radius 3 is 2.64 bits per heavy atom. The molecule has 3 rings (SSSR count). The summed E-state index contributed by atoms with van der Waals surface area (Å²) < 4.78 is 0. The molecule has 0 saturated heterocycles. The SMILES string of the molecule is Cc1ccc(C(=O)Nc2ccc(SCc3cccnc3)cc2)c(=O)[nH]1. The number of carbonyl (C=O) groups is 1. The lowest BCUT2D eigenvalue weighted by Crippen LogP contribution is -2.23. The van der Waals surface area contributed by atoms with Crippen molar-refractivity contribution in [1.29, 1.82) is 0 Å². The lowest BCUT2D eigenvalue weighted by molar-refractivity contribution is 0.102. The Morgan fingerprint density at radius 1 is 1.16 bits per heavy atom. The van der Waals surface area contributed by atoms with Gasteiger partial charge in [0.05, 0.1) is 0 Å². The molecule has 2 aromatic heterocycles. The third-order valence-corrected chi connectivity index (χ3v) is 4.62. The standard InChI is InChI=1S/C19H17N3O2S/c1-13-4-9-17(18(23)21-13)19(24)22-15-5-7-16(8-6-15)25-12-14-3-2-10-20-11-14/h2-11H,12H2,1H3,(H,21,23)(H,22,24). The van der Waals surface area contributed by atoms with Crippen molar-refractivity contribution in [3.63, 3.8) is 0 Å². The molecule has 0 unspecified atom stereocenters.